The summed E-state index contributed by atoms with van der Waals surface area (Å²) in [5.74, 6) is -3.85. The molecule has 0 aliphatic heterocycles. The number of unbranched alkanes of at least 4 members (excludes halogenated alkanes) is 1. The van der Waals surface area contributed by atoms with E-state index in [1.807, 2.05) is 36.6 Å². The van der Waals surface area contributed by atoms with E-state index in [1.165, 1.54) is 0 Å². The number of carbonyl (C=O) groups excluding carboxylic acids is 5. The van der Waals surface area contributed by atoms with Gasteiger partial charge in [-0.1, -0.05) is 81.7 Å². The van der Waals surface area contributed by atoms with Gasteiger partial charge in [0.25, 0.3) is 0 Å². The maximum Gasteiger partial charge on any atom is 0.243 e. The number of nitrogens with two attached hydrogens (primary N) is 4. The Morgan fingerprint density at radius 3 is 2.06 bits per heavy atom. The summed E-state index contributed by atoms with van der Waals surface area (Å²) < 4.78 is 0. The number of hydrogen-bond acceptors (Lipinski definition) is 10. The fourth-order valence-corrected chi connectivity index (χ4v) is 8.27. The maximum atomic E-state index is 14.9. The molecule has 2 saturated carbocycles. The van der Waals surface area contributed by atoms with Crippen LogP contribution in [0.1, 0.15) is 108 Å². The number of amides is 2. The number of likely N-dealkylation sites (N-methyl/N-ethyl adjacent to an activating group) is 1. The Labute approximate surface area is 321 Å². The highest BCUT2D eigenvalue weighted by Gasteiger charge is 2.53. The van der Waals surface area contributed by atoms with Gasteiger partial charge < -0.3 is 44.2 Å². The van der Waals surface area contributed by atoms with Gasteiger partial charge in [0, 0.05) is 6.54 Å². The monoisotopic (exact) mass is 753 g/mol. The molecule has 1 radical (unpaired) electrons. The van der Waals surface area contributed by atoms with Crippen LogP contribution in [0.25, 0.3) is 0 Å². The Kier molecular flexibility index (Phi) is 19.2. The van der Waals surface area contributed by atoms with Gasteiger partial charge >= 0.3 is 0 Å². The summed E-state index contributed by atoms with van der Waals surface area (Å²) in [6.45, 7) is 0.641. The van der Waals surface area contributed by atoms with Crippen LogP contribution in [-0.2, 0) is 30.4 Å². The Bertz CT molecular complexity index is 1350. The van der Waals surface area contributed by atoms with Crippen molar-refractivity contribution in [3.05, 3.63) is 35.9 Å². The fourth-order valence-electron chi connectivity index (χ4n) is 8.27. The molecule has 0 saturated heterocycles. The van der Waals surface area contributed by atoms with Crippen LogP contribution in [-0.4, -0.2) is 85.5 Å². The molecule has 54 heavy (non-hydrogen) atoms. The summed E-state index contributed by atoms with van der Waals surface area (Å²) in [5.41, 5.74) is 23.2. The van der Waals surface area contributed by atoms with Gasteiger partial charge in [-0.25, -0.2) is 0 Å². The van der Waals surface area contributed by atoms with Gasteiger partial charge in [0.05, 0.1) is 24.0 Å². The van der Waals surface area contributed by atoms with Crippen molar-refractivity contribution in [2.24, 2.45) is 40.7 Å². The van der Waals surface area contributed by atoms with Crippen molar-refractivity contribution in [3.8, 4) is 0 Å². The molecule has 0 heterocycles. The average Bonchev–Trinajstić information content (AvgIpc) is 3.18. The van der Waals surface area contributed by atoms with Crippen LogP contribution in [0.4, 0.5) is 0 Å². The normalized spacial score (nSPS) is 19.3. The minimum atomic E-state index is -2.31. The first-order valence-corrected chi connectivity index (χ1v) is 20.1. The van der Waals surface area contributed by atoms with E-state index < -0.39 is 59.0 Å². The zero-order valence-corrected chi connectivity index (χ0v) is 32.2. The summed E-state index contributed by atoms with van der Waals surface area (Å²) in [5, 5.41) is 19.1. The third kappa shape index (κ3) is 13.5. The highest BCUT2D eigenvalue weighted by atomic mass is 16.2. The van der Waals surface area contributed by atoms with Gasteiger partial charge in [-0.05, 0) is 88.8 Å². The molecule has 0 spiro atoms. The van der Waals surface area contributed by atoms with E-state index in [9.17, 15) is 24.0 Å². The number of benzene rings is 1. The molecule has 13 N–H and O–H groups in total. The number of hydrogen-bond donors (Lipinski definition) is 9. The molecule has 1 aromatic rings. The zero-order valence-electron chi connectivity index (χ0n) is 32.2. The van der Waals surface area contributed by atoms with Crippen molar-refractivity contribution in [1.82, 2.24) is 21.3 Å². The molecular weight excluding hydrogens is 686 g/mol. The lowest BCUT2D eigenvalue weighted by Gasteiger charge is -2.40. The van der Waals surface area contributed by atoms with Crippen molar-refractivity contribution in [2.75, 3.05) is 20.1 Å². The van der Waals surface area contributed by atoms with Crippen molar-refractivity contribution >= 4 is 35.6 Å². The molecular formula is C40H66N9O5. The third-order valence-corrected chi connectivity index (χ3v) is 11.3. The first-order chi connectivity index (χ1) is 25.9. The maximum absolute atomic E-state index is 14.9. The number of nitrogens with one attached hydrogen (secondary N) is 5. The minimum absolute atomic E-state index is 0.0991. The van der Waals surface area contributed by atoms with Gasteiger partial charge in [-0.2, -0.15) is 0 Å². The third-order valence-electron chi connectivity index (χ3n) is 11.3. The van der Waals surface area contributed by atoms with Crippen LogP contribution in [0.15, 0.2) is 30.3 Å². The number of carbonyl (C=O) groups is 4. The van der Waals surface area contributed by atoms with E-state index in [4.69, 9.17) is 28.3 Å². The SMILES string of the molecule is CN[C@@H](Cc1ccccc1)C(=O)N[C@@H](CCCCN)C(=O)N[C@@H](CCCNC(=N)N)C(=O)C(C1CCCCC1)[C@](N)([C]=O)C(=O)[C@H](N)CC1CCCCC1. The first-order valence-electron chi connectivity index (χ1n) is 20.1. The van der Waals surface area contributed by atoms with E-state index in [0.29, 0.717) is 51.5 Å². The summed E-state index contributed by atoms with van der Waals surface area (Å²) in [6.07, 6.45) is 13.3. The van der Waals surface area contributed by atoms with Crippen molar-refractivity contribution < 1.29 is 24.0 Å². The predicted molar refractivity (Wildman–Crippen MR) is 211 cm³/mol. The van der Waals surface area contributed by atoms with E-state index in [0.717, 1.165) is 56.9 Å². The largest absolute Gasteiger partial charge is 0.370 e. The molecule has 1 unspecified atom stereocenters. The molecule has 2 aliphatic carbocycles. The highest BCUT2D eigenvalue weighted by Crippen LogP contribution is 2.38. The topological polar surface area (TPSA) is 261 Å². The van der Waals surface area contributed by atoms with Crippen LogP contribution in [0, 0.1) is 23.2 Å². The van der Waals surface area contributed by atoms with E-state index >= 15 is 0 Å². The summed E-state index contributed by atoms with van der Waals surface area (Å²) in [7, 11) is 1.68. The van der Waals surface area contributed by atoms with Crippen LogP contribution in [0.3, 0.4) is 0 Å². The van der Waals surface area contributed by atoms with Crippen molar-refractivity contribution in [1.29, 1.82) is 5.41 Å². The van der Waals surface area contributed by atoms with Crippen LogP contribution in [0.5, 0.6) is 0 Å². The number of Topliss-reactive ketones (excluding diaryl/α,β-unsaturated/α-hetero) is 2. The molecule has 0 aromatic heterocycles. The average molecular weight is 753 g/mol. The molecule has 301 valence electrons. The summed E-state index contributed by atoms with van der Waals surface area (Å²) in [4.78, 5) is 69.8. The number of rotatable bonds is 24. The van der Waals surface area contributed by atoms with E-state index in [1.54, 1.807) is 7.05 Å². The Balaban J connectivity index is 1.93. The fraction of sp³-hybridized carbons (Fsp3) is 0.700. The van der Waals surface area contributed by atoms with Crippen LogP contribution < -0.4 is 44.2 Å². The smallest absolute Gasteiger partial charge is 0.243 e. The lowest BCUT2D eigenvalue weighted by atomic mass is 9.65. The van der Waals surface area contributed by atoms with Gasteiger partial charge in [0.2, 0.25) is 18.1 Å². The summed E-state index contributed by atoms with van der Waals surface area (Å²) >= 11 is 0. The molecule has 3 rings (SSSR count). The van der Waals surface area contributed by atoms with E-state index in [2.05, 4.69) is 21.3 Å². The molecule has 14 nitrogen and oxygen atoms in total. The second-order valence-corrected chi connectivity index (χ2v) is 15.4. The second-order valence-electron chi connectivity index (χ2n) is 15.4. The summed E-state index contributed by atoms with van der Waals surface area (Å²) in [6, 6.07) is 5.68. The molecule has 2 amide bonds. The lowest BCUT2D eigenvalue weighted by Crippen LogP contribution is -2.66. The predicted octanol–water partition coefficient (Wildman–Crippen LogP) is 1.62. The molecule has 6 atom stereocenters. The molecule has 1 aromatic carbocycles. The molecule has 0 bridgehead atoms. The number of ketones is 2. The molecule has 2 aliphatic rings. The second kappa shape index (κ2) is 23.3. The zero-order chi connectivity index (χ0) is 39.5. The van der Waals surface area contributed by atoms with Crippen molar-refractivity contribution in [3.63, 3.8) is 0 Å². The van der Waals surface area contributed by atoms with Gasteiger partial charge in [-0.15, -0.1) is 0 Å². The van der Waals surface area contributed by atoms with Crippen LogP contribution >= 0.6 is 0 Å². The Hall–Kier alpha value is -3.72. The van der Waals surface area contributed by atoms with E-state index in [-0.39, 0.29) is 37.2 Å². The van der Waals surface area contributed by atoms with Gasteiger partial charge in [-0.3, -0.25) is 29.4 Å². The lowest BCUT2D eigenvalue weighted by molar-refractivity contribution is -0.138. The highest BCUT2D eigenvalue weighted by molar-refractivity contribution is 6.11. The minimum Gasteiger partial charge on any atom is -0.370 e. The Morgan fingerprint density at radius 2 is 1.46 bits per heavy atom. The Morgan fingerprint density at radius 1 is 0.870 bits per heavy atom. The standard InChI is InChI=1S/C40H66N9O5/c1-46-33(25-28-16-7-3-8-17-28)38(54)49-32(20-11-12-22-41)37(53)48-31(21-13-23-47-39(43)44)35(51)34(29-18-9-4-10-19-29)40(45,26-50)36(52)30(42)24-27-14-5-2-6-15-27/h3,7-8,16-17,27,29-34,46H,2,4-6,9-15,18-25,41-42,45H2,1H3,(H,48,53)(H,49,54)(H4,43,44,47)/t30-,31+,32+,33+,34?,40-/m1/s1. The first kappa shape index (κ1) is 44.7. The van der Waals surface area contributed by atoms with Gasteiger partial charge in [0.15, 0.2) is 23.1 Å². The molecule has 2 fully saturated rings. The van der Waals surface area contributed by atoms with Gasteiger partial charge in [0.1, 0.15) is 6.04 Å². The number of guanidine groups is 1. The molecule has 14 heteroatoms. The van der Waals surface area contributed by atoms with Crippen LogP contribution in [0.2, 0.25) is 0 Å². The quantitative estimate of drug-likeness (QED) is 0.0317. The van der Waals surface area contributed by atoms with Crippen molar-refractivity contribution in [2.45, 2.75) is 139 Å².